The maximum absolute atomic E-state index is 11.7. The second-order valence-corrected chi connectivity index (χ2v) is 5.44. The van der Waals surface area contributed by atoms with Gasteiger partial charge in [0.05, 0.1) is 24.8 Å². The van der Waals surface area contributed by atoms with Crippen LogP contribution in [0.3, 0.4) is 0 Å². The molecule has 1 atom stereocenters. The molecule has 1 unspecified atom stereocenters. The molecule has 5 heteroatoms. The minimum atomic E-state index is -0.563. The van der Waals surface area contributed by atoms with Crippen molar-refractivity contribution >= 4 is 11.8 Å². The lowest BCUT2D eigenvalue weighted by molar-refractivity contribution is 0.0635. The average Bonchev–Trinajstić information content (AvgIpc) is 2.36. The number of benzene rings is 1. The van der Waals surface area contributed by atoms with Gasteiger partial charge < -0.3 is 9.47 Å². The zero-order valence-corrected chi connectivity index (χ0v) is 12.5. The second kappa shape index (κ2) is 6.29. The van der Waals surface area contributed by atoms with Crippen LogP contribution >= 0.6 is 0 Å². The number of hydrogen-bond acceptors (Lipinski definition) is 4. The second-order valence-electron chi connectivity index (χ2n) is 5.44. The van der Waals surface area contributed by atoms with E-state index in [9.17, 15) is 4.79 Å². The van der Waals surface area contributed by atoms with Crippen molar-refractivity contribution in [3.8, 4) is 11.8 Å². The van der Waals surface area contributed by atoms with Crippen LogP contribution in [0.5, 0.6) is 5.75 Å². The smallest absolute Gasteiger partial charge is 0.412 e. The van der Waals surface area contributed by atoms with E-state index in [1.807, 2.05) is 0 Å². The molecule has 1 aromatic carbocycles. The Balaban J connectivity index is 2.91. The molecule has 5 nitrogen and oxygen atoms in total. The molecule has 0 saturated heterocycles. The van der Waals surface area contributed by atoms with Crippen LogP contribution in [-0.4, -0.2) is 18.8 Å². The van der Waals surface area contributed by atoms with Crippen molar-refractivity contribution in [2.75, 3.05) is 12.4 Å². The molecule has 108 valence electrons. The third kappa shape index (κ3) is 4.47. The summed E-state index contributed by atoms with van der Waals surface area (Å²) in [5, 5.41) is 11.5. The van der Waals surface area contributed by atoms with Crippen LogP contribution in [0, 0.1) is 11.3 Å². The van der Waals surface area contributed by atoms with Gasteiger partial charge in [-0.05, 0) is 45.4 Å². The van der Waals surface area contributed by atoms with Crippen molar-refractivity contribution in [3.05, 3.63) is 23.8 Å². The van der Waals surface area contributed by atoms with Gasteiger partial charge in [-0.1, -0.05) is 6.07 Å². The Morgan fingerprint density at radius 2 is 2.05 bits per heavy atom. The molecule has 20 heavy (non-hydrogen) atoms. The van der Waals surface area contributed by atoms with Crippen LogP contribution in [0.15, 0.2) is 18.2 Å². The van der Waals surface area contributed by atoms with Crippen LogP contribution in [0.2, 0.25) is 0 Å². The van der Waals surface area contributed by atoms with E-state index in [4.69, 9.17) is 14.7 Å². The SMILES string of the molecule is COc1cc(C(C)C#N)ccc1NC(=O)OC(C)(C)C. The molecule has 0 aliphatic carbocycles. The first-order valence-electron chi connectivity index (χ1n) is 6.34. The fourth-order valence-corrected chi connectivity index (χ4v) is 1.57. The van der Waals surface area contributed by atoms with Gasteiger partial charge in [0.25, 0.3) is 0 Å². The molecule has 1 N–H and O–H groups in total. The molecule has 0 aromatic heterocycles. The van der Waals surface area contributed by atoms with Crippen molar-refractivity contribution in [3.63, 3.8) is 0 Å². The quantitative estimate of drug-likeness (QED) is 0.914. The zero-order valence-electron chi connectivity index (χ0n) is 12.5. The van der Waals surface area contributed by atoms with Gasteiger partial charge in [0.15, 0.2) is 0 Å². The molecule has 0 radical (unpaired) electrons. The molecule has 0 fully saturated rings. The van der Waals surface area contributed by atoms with Crippen LogP contribution in [0.4, 0.5) is 10.5 Å². The number of anilines is 1. The number of nitrogens with one attached hydrogen (secondary N) is 1. The van der Waals surface area contributed by atoms with Gasteiger partial charge in [0, 0.05) is 0 Å². The zero-order chi connectivity index (χ0) is 15.3. The molecule has 0 saturated carbocycles. The van der Waals surface area contributed by atoms with Crippen LogP contribution in [-0.2, 0) is 4.74 Å². The number of rotatable bonds is 3. The van der Waals surface area contributed by atoms with Crippen molar-refractivity contribution in [1.82, 2.24) is 0 Å². The highest BCUT2D eigenvalue weighted by atomic mass is 16.6. The first-order chi connectivity index (χ1) is 9.26. The van der Waals surface area contributed by atoms with Crippen molar-refractivity contribution in [2.24, 2.45) is 0 Å². The van der Waals surface area contributed by atoms with E-state index in [0.29, 0.717) is 11.4 Å². The molecule has 1 aromatic rings. The minimum Gasteiger partial charge on any atom is -0.495 e. The monoisotopic (exact) mass is 276 g/mol. The average molecular weight is 276 g/mol. The number of methoxy groups -OCH3 is 1. The maximum atomic E-state index is 11.7. The van der Waals surface area contributed by atoms with Crippen molar-refractivity contribution < 1.29 is 14.3 Å². The summed E-state index contributed by atoms with van der Waals surface area (Å²) in [6.07, 6.45) is -0.545. The molecule has 0 heterocycles. The van der Waals surface area contributed by atoms with E-state index in [1.54, 1.807) is 45.9 Å². The summed E-state index contributed by atoms with van der Waals surface area (Å²) in [6, 6.07) is 7.37. The lowest BCUT2D eigenvalue weighted by Crippen LogP contribution is -2.27. The minimum absolute atomic E-state index is 0.237. The van der Waals surface area contributed by atoms with Gasteiger partial charge in [-0.25, -0.2) is 4.79 Å². The highest BCUT2D eigenvalue weighted by molar-refractivity contribution is 5.87. The largest absolute Gasteiger partial charge is 0.495 e. The summed E-state index contributed by atoms with van der Waals surface area (Å²) >= 11 is 0. The van der Waals surface area contributed by atoms with E-state index in [0.717, 1.165) is 5.56 Å². The number of amides is 1. The summed E-state index contributed by atoms with van der Waals surface area (Å²) < 4.78 is 10.4. The third-order valence-electron chi connectivity index (χ3n) is 2.55. The molecule has 1 rings (SSSR count). The lowest BCUT2D eigenvalue weighted by atomic mass is 10.0. The topological polar surface area (TPSA) is 71.3 Å². The highest BCUT2D eigenvalue weighted by Gasteiger charge is 2.18. The summed E-state index contributed by atoms with van der Waals surface area (Å²) in [4.78, 5) is 11.7. The van der Waals surface area contributed by atoms with Gasteiger partial charge in [-0.3, -0.25) is 5.32 Å². The summed E-state index contributed by atoms with van der Waals surface area (Å²) in [5.74, 6) is 0.259. The Kier molecular flexibility index (Phi) is 4.98. The number of nitriles is 1. The number of carbonyl (C=O) groups is 1. The molecule has 0 aliphatic heterocycles. The van der Waals surface area contributed by atoms with Crippen LogP contribution in [0.1, 0.15) is 39.2 Å². The van der Waals surface area contributed by atoms with Gasteiger partial charge in [0.2, 0.25) is 0 Å². The summed E-state index contributed by atoms with van der Waals surface area (Å²) in [7, 11) is 1.51. The highest BCUT2D eigenvalue weighted by Crippen LogP contribution is 2.29. The summed E-state index contributed by atoms with van der Waals surface area (Å²) in [6.45, 7) is 7.18. The maximum Gasteiger partial charge on any atom is 0.412 e. The number of carbonyl (C=O) groups excluding carboxylic acids is 1. The first kappa shape index (κ1) is 15.8. The standard InChI is InChI=1S/C15H20N2O3/c1-10(9-16)11-6-7-12(13(8-11)19-5)17-14(18)20-15(2,3)4/h6-8,10H,1-5H3,(H,17,18). The fourth-order valence-electron chi connectivity index (χ4n) is 1.57. The Hall–Kier alpha value is -2.22. The molecular weight excluding hydrogens is 256 g/mol. The fraction of sp³-hybridized carbons (Fsp3) is 0.467. The van der Waals surface area contributed by atoms with Crippen LogP contribution < -0.4 is 10.1 Å². The molecular formula is C15H20N2O3. The van der Waals surface area contributed by atoms with Gasteiger partial charge in [-0.2, -0.15) is 5.26 Å². The van der Waals surface area contributed by atoms with E-state index in [-0.39, 0.29) is 5.92 Å². The third-order valence-corrected chi connectivity index (χ3v) is 2.55. The van der Waals surface area contributed by atoms with E-state index < -0.39 is 11.7 Å². The number of nitrogens with zero attached hydrogens (tertiary/aromatic N) is 1. The number of ether oxygens (including phenoxy) is 2. The normalized spacial score (nSPS) is 12.2. The number of hydrogen-bond donors (Lipinski definition) is 1. The predicted octanol–water partition coefficient (Wildman–Crippen LogP) is 3.67. The Morgan fingerprint density at radius 3 is 2.55 bits per heavy atom. The lowest BCUT2D eigenvalue weighted by Gasteiger charge is -2.20. The molecule has 0 bridgehead atoms. The van der Waals surface area contributed by atoms with E-state index in [2.05, 4.69) is 11.4 Å². The Bertz CT molecular complexity index is 527. The van der Waals surface area contributed by atoms with Gasteiger partial charge in [-0.15, -0.1) is 0 Å². The van der Waals surface area contributed by atoms with E-state index >= 15 is 0 Å². The Morgan fingerprint density at radius 1 is 1.40 bits per heavy atom. The van der Waals surface area contributed by atoms with Gasteiger partial charge in [0.1, 0.15) is 11.4 Å². The van der Waals surface area contributed by atoms with Crippen LogP contribution in [0.25, 0.3) is 0 Å². The van der Waals surface area contributed by atoms with Crippen molar-refractivity contribution in [1.29, 1.82) is 5.26 Å². The van der Waals surface area contributed by atoms with E-state index in [1.165, 1.54) is 7.11 Å². The molecule has 0 spiro atoms. The summed E-state index contributed by atoms with van der Waals surface area (Å²) in [5.41, 5.74) is 0.779. The predicted molar refractivity (Wildman–Crippen MR) is 76.9 cm³/mol. The van der Waals surface area contributed by atoms with Gasteiger partial charge >= 0.3 is 6.09 Å². The molecule has 1 amide bonds. The molecule has 0 aliphatic rings. The Labute approximate surface area is 119 Å². The first-order valence-corrected chi connectivity index (χ1v) is 6.34. The van der Waals surface area contributed by atoms with Crippen molar-refractivity contribution in [2.45, 2.75) is 39.2 Å².